The zero-order valence-electron chi connectivity index (χ0n) is 5.98. The molecule has 0 fully saturated rings. The van der Waals surface area contributed by atoms with Gasteiger partial charge < -0.3 is 5.32 Å². The van der Waals surface area contributed by atoms with Gasteiger partial charge in [-0.2, -0.15) is 8.42 Å². The van der Waals surface area contributed by atoms with Crippen LogP contribution in [0.4, 0.5) is 0 Å². The van der Waals surface area contributed by atoms with Crippen molar-refractivity contribution >= 4 is 10.1 Å². The summed E-state index contributed by atoms with van der Waals surface area (Å²) in [6.45, 7) is 1.76. The van der Waals surface area contributed by atoms with Crippen molar-refractivity contribution in [2.45, 2.75) is 12.3 Å². The third-order valence-corrected chi connectivity index (χ3v) is 2.26. The van der Waals surface area contributed by atoms with E-state index in [1.807, 2.05) is 0 Å². The summed E-state index contributed by atoms with van der Waals surface area (Å²) in [6.07, 6.45) is 4.66. The Morgan fingerprint density at radius 1 is 1.64 bits per heavy atom. The first kappa shape index (κ1) is 8.29. The van der Waals surface area contributed by atoms with Crippen LogP contribution in [0.25, 0.3) is 0 Å². The van der Waals surface area contributed by atoms with Crippen LogP contribution in [0.5, 0.6) is 0 Å². The largest absolute Gasteiger partial charge is 0.370 e. The average molecular weight is 175 g/mol. The third kappa shape index (κ3) is 2.06. The van der Waals surface area contributed by atoms with Crippen LogP contribution in [0.15, 0.2) is 23.9 Å². The zero-order valence-corrected chi connectivity index (χ0v) is 6.80. The van der Waals surface area contributed by atoms with E-state index in [0.29, 0.717) is 0 Å². The van der Waals surface area contributed by atoms with Crippen molar-refractivity contribution in [2.24, 2.45) is 0 Å². The van der Waals surface area contributed by atoms with E-state index in [1.54, 1.807) is 13.0 Å². The van der Waals surface area contributed by atoms with Crippen molar-refractivity contribution in [3.63, 3.8) is 0 Å². The maximum atomic E-state index is 10.5. The maximum absolute atomic E-state index is 10.5. The van der Waals surface area contributed by atoms with Crippen LogP contribution in [0.3, 0.4) is 0 Å². The zero-order chi connectivity index (χ0) is 8.48. The molecule has 0 spiro atoms. The van der Waals surface area contributed by atoms with Crippen LogP contribution in [0, 0.1) is 0 Å². The van der Waals surface area contributed by atoms with Gasteiger partial charge in [0.2, 0.25) is 0 Å². The summed E-state index contributed by atoms with van der Waals surface area (Å²) in [4.78, 5) is 0. The van der Waals surface area contributed by atoms with Gasteiger partial charge in [0, 0.05) is 0 Å². The van der Waals surface area contributed by atoms with Crippen LogP contribution in [0.2, 0.25) is 0 Å². The molecule has 0 aliphatic carbocycles. The summed E-state index contributed by atoms with van der Waals surface area (Å²) >= 11 is 0. The second kappa shape index (κ2) is 2.67. The highest BCUT2D eigenvalue weighted by atomic mass is 32.2. The molecule has 62 valence electrons. The maximum Gasteiger partial charge on any atom is 0.289 e. The van der Waals surface area contributed by atoms with Crippen molar-refractivity contribution in [2.75, 3.05) is 0 Å². The minimum absolute atomic E-state index is 0.811. The van der Waals surface area contributed by atoms with E-state index < -0.39 is 15.5 Å². The molecule has 1 aliphatic heterocycles. The summed E-state index contributed by atoms with van der Waals surface area (Å²) in [7, 11) is -4.00. The number of dihydropyridines is 1. The van der Waals surface area contributed by atoms with Gasteiger partial charge in [-0.25, -0.2) is 0 Å². The lowest BCUT2D eigenvalue weighted by Gasteiger charge is -2.13. The molecule has 0 amide bonds. The first-order chi connectivity index (χ1) is 5.00. The molecule has 0 aromatic carbocycles. The molecule has 5 heteroatoms. The van der Waals surface area contributed by atoms with E-state index >= 15 is 0 Å². The SMILES string of the molecule is CC1=CC(S(=O)(=O)O)NC=C1. The van der Waals surface area contributed by atoms with E-state index in [9.17, 15) is 8.42 Å². The highest BCUT2D eigenvalue weighted by Crippen LogP contribution is 2.07. The minimum Gasteiger partial charge on any atom is -0.370 e. The predicted molar refractivity (Wildman–Crippen MR) is 41.4 cm³/mol. The highest BCUT2D eigenvalue weighted by molar-refractivity contribution is 7.86. The summed E-state index contributed by atoms with van der Waals surface area (Å²) < 4.78 is 29.7. The van der Waals surface area contributed by atoms with E-state index in [0.717, 1.165) is 5.57 Å². The molecular weight excluding hydrogens is 166 g/mol. The Morgan fingerprint density at radius 3 is 2.64 bits per heavy atom. The number of hydrogen-bond donors (Lipinski definition) is 2. The fourth-order valence-corrected chi connectivity index (χ4v) is 1.43. The van der Waals surface area contributed by atoms with E-state index in [1.165, 1.54) is 12.3 Å². The van der Waals surface area contributed by atoms with Gasteiger partial charge in [-0.3, -0.25) is 4.55 Å². The van der Waals surface area contributed by atoms with Gasteiger partial charge in [-0.05, 0) is 25.3 Å². The van der Waals surface area contributed by atoms with Gasteiger partial charge in [-0.1, -0.05) is 5.57 Å². The van der Waals surface area contributed by atoms with Crippen molar-refractivity contribution < 1.29 is 13.0 Å². The Labute approximate surface area is 65.4 Å². The first-order valence-corrected chi connectivity index (χ1v) is 4.58. The van der Waals surface area contributed by atoms with Gasteiger partial charge in [-0.15, -0.1) is 0 Å². The minimum atomic E-state index is -4.00. The van der Waals surface area contributed by atoms with Gasteiger partial charge in [0.25, 0.3) is 10.1 Å². The fraction of sp³-hybridized carbons (Fsp3) is 0.333. The summed E-state index contributed by atoms with van der Waals surface area (Å²) in [5.74, 6) is 0. The Morgan fingerprint density at radius 2 is 2.27 bits per heavy atom. The van der Waals surface area contributed by atoms with Crippen LogP contribution >= 0.6 is 0 Å². The van der Waals surface area contributed by atoms with Gasteiger partial charge in [0.1, 0.15) is 0 Å². The van der Waals surface area contributed by atoms with Crippen molar-refractivity contribution in [1.82, 2.24) is 5.32 Å². The molecule has 0 saturated carbocycles. The van der Waals surface area contributed by atoms with Crippen LogP contribution in [-0.4, -0.2) is 18.3 Å². The monoisotopic (exact) mass is 175 g/mol. The first-order valence-electron chi connectivity index (χ1n) is 3.07. The molecular formula is C6H9NO3S. The van der Waals surface area contributed by atoms with Crippen LogP contribution < -0.4 is 5.32 Å². The topological polar surface area (TPSA) is 66.4 Å². The Kier molecular flexibility index (Phi) is 2.01. The van der Waals surface area contributed by atoms with Gasteiger partial charge in [0.15, 0.2) is 5.37 Å². The van der Waals surface area contributed by atoms with E-state index in [4.69, 9.17) is 4.55 Å². The van der Waals surface area contributed by atoms with Gasteiger partial charge in [0.05, 0.1) is 0 Å². The molecule has 1 aliphatic rings. The molecule has 0 saturated heterocycles. The molecule has 0 radical (unpaired) electrons. The third-order valence-electron chi connectivity index (χ3n) is 1.34. The number of allylic oxidation sites excluding steroid dienone is 2. The molecule has 1 rings (SSSR count). The summed E-state index contributed by atoms with van der Waals surface area (Å²) in [5.41, 5.74) is 0.811. The van der Waals surface area contributed by atoms with Crippen molar-refractivity contribution in [3.05, 3.63) is 23.9 Å². The molecule has 1 heterocycles. The normalized spacial score (nSPS) is 24.2. The molecule has 4 nitrogen and oxygen atoms in total. The number of rotatable bonds is 1. The second-order valence-corrected chi connectivity index (χ2v) is 3.88. The quantitative estimate of drug-likeness (QED) is 0.561. The lowest BCUT2D eigenvalue weighted by atomic mass is 10.2. The molecule has 1 atom stereocenters. The van der Waals surface area contributed by atoms with Gasteiger partial charge >= 0.3 is 0 Å². The molecule has 1 unspecified atom stereocenters. The molecule has 0 aromatic heterocycles. The molecule has 0 aromatic rings. The summed E-state index contributed by atoms with van der Waals surface area (Å²) in [6, 6.07) is 0. The van der Waals surface area contributed by atoms with Crippen molar-refractivity contribution in [1.29, 1.82) is 0 Å². The molecule has 2 N–H and O–H groups in total. The lowest BCUT2D eigenvalue weighted by molar-refractivity contribution is 0.469. The van der Waals surface area contributed by atoms with Crippen LogP contribution in [0.1, 0.15) is 6.92 Å². The molecule has 0 bridgehead atoms. The molecule has 11 heavy (non-hydrogen) atoms. The van der Waals surface area contributed by atoms with Crippen LogP contribution in [-0.2, 0) is 10.1 Å². The predicted octanol–water partition coefficient (Wildman–Crippen LogP) is 0.264. The van der Waals surface area contributed by atoms with E-state index in [2.05, 4.69) is 5.32 Å². The Hall–Kier alpha value is -0.810. The smallest absolute Gasteiger partial charge is 0.289 e. The second-order valence-electron chi connectivity index (χ2n) is 2.35. The fourth-order valence-electron chi connectivity index (χ4n) is 0.789. The Balaban J connectivity index is 2.89. The standard InChI is InChI=1S/C6H9NO3S/c1-5-2-3-7-6(4-5)11(8,9)10/h2-4,6-7H,1H3,(H,8,9,10). The van der Waals surface area contributed by atoms with E-state index in [-0.39, 0.29) is 0 Å². The number of hydrogen-bond acceptors (Lipinski definition) is 3. The average Bonchev–Trinajstić information content (AvgIpc) is 1.86. The highest BCUT2D eigenvalue weighted by Gasteiger charge is 2.19. The Bertz CT molecular complexity index is 302. The van der Waals surface area contributed by atoms with Crippen molar-refractivity contribution in [3.8, 4) is 0 Å². The number of nitrogens with one attached hydrogen (secondary N) is 1. The lowest BCUT2D eigenvalue weighted by Crippen LogP contribution is -2.32. The summed E-state index contributed by atoms with van der Waals surface area (Å²) in [5, 5.41) is 1.50.